The summed E-state index contributed by atoms with van der Waals surface area (Å²) in [6.45, 7) is 5.60. The number of hydrogen-bond donors (Lipinski definition) is 2. The molecule has 206 valence electrons. The van der Waals surface area contributed by atoms with Gasteiger partial charge in [0.25, 0.3) is 5.56 Å². The molecular weight excluding hydrogens is 518 g/mol. The lowest BCUT2D eigenvalue weighted by atomic mass is 9.75. The second-order valence-electron chi connectivity index (χ2n) is 11.5. The van der Waals surface area contributed by atoms with E-state index >= 15 is 0 Å². The van der Waals surface area contributed by atoms with Crippen LogP contribution in [0.1, 0.15) is 38.6 Å². The number of imide groups is 1. The largest absolute Gasteiger partial charge is 0.326 e. The van der Waals surface area contributed by atoms with Crippen molar-refractivity contribution in [1.82, 2.24) is 14.9 Å². The monoisotopic (exact) mass is 547 g/mol. The van der Waals surface area contributed by atoms with Crippen LogP contribution in [0.4, 0.5) is 11.4 Å². The summed E-state index contributed by atoms with van der Waals surface area (Å²) < 4.78 is 1.61. The summed E-state index contributed by atoms with van der Waals surface area (Å²) in [7, 11) is 0. The Kier molecular flexibility index (Phi) is 5.53. The van der Waals surface area contributed by atoms with Crippen molar-refractivity contribution in [3.05, 3.63) is 94.5 Å². The molecule has 4 atom stereocenters. The lowest BCUT2D eigenvalue weighted by Crippen LogP contribution is -2.50. The maximum Gasteiger partial charge on any atom is 0.266 e. The summed E-state index contributed by atoms with van der Waals surface area (Å²) >= 11 is 0. The van der Waals surface area contributed by atoms with Gasteiger partial charge in [-0.15, -0.1) is 0 Å². The smallest absolute Gasteiger partial charge is 0.266 e. The predicted molar refractivity (Wildman–Crippen MR) is 155 cm³/mol. The van der Waals surface area contributed by atoms with Crippen molar-refractivity contribution in [3.8, 4) is 5.69 Å². The third-order valence-electron chi connectivity index (χ3n) is 8.53. The third-order valence-corrected chi connectivity index (χ3v) is 8.53. The van der Waals surface area contributed by atoms with E-state index in [1.807, 2.05) is 36.4 Å². The molecule has 2 fully saturated rings. The molecule has 0 saturated carbocycles. The highest BCUT2D eigenvalue weighted by Gasteiger charge is 2.69. The Morgan fingerprint density at radius 3 is 2.41 bits per heavy atom. The van der Waals surface area contributed by atoms with E-state index in [1.165, 1.54) is 11.8 Å². The number of aromatic nitrogens is 2. The summed E-state index contributed by atoms with van der Waals surface area (Å²) in [6, 6.07) is 21.2. The second kappa shape index (κ2) is 8.94. The fraction of sp³-hybridized carbons (Fsp3) is 0.281. The molecular formula is C32H29N5O4. The fourth-order valence-corrected chi connectivity index (χ4v) is 7.08. The number of nitrogens with zero attached hydrogens (tertiary/aromatic N) is 3. The van der Waals surface area contributed by atoms with Crippen molar-refractivity contribution in [1.29, 1.82) is 0 Å². The minimum atomic E-state index is -1.17. The Bertz CT molecular complexity index is 1830. The minimum absolute atomic E-state index is 0.206. The summed E-state index contributed by atoms with van der Waals surface area (Å²) in [5, 5.41) is 6.94. The van der Waals surface area contributed by atoms with E-state index in [9.17, 15) is 19.2 Å². The van der Waals surface area contributed by atoms with Crippen LogP contribution in [0, 0.1) is 17.8 Å². The number of fused-ring (bicyclic) bond motifs is 8. The van der Waals surface area contributed by atoms with Gasteiger partial charge in [0.2, 0.25) is 17.7 Å². The van der Waals surface area contributed by atoms with E-state index in [0.29, 0.717) is 40.2 Å². The van der Waals surface area contributed by atoms with E-state index in [-0.39, 0.29) is 35.2 Å². The normalized spacial score (nSPS) is 24.3. The van der Waals surface area contributed by atoms with Crippen molar-refractivity contribution < 1.29 is 14.4 Å². The molecule has 9 nitrogen and oxygen atoms in total. The molecule has 41 heavy (non-hydrogen) atoms. The van der Waals surface area contributed by atoms with Crippen LogP contribution >= 0.6 is 0 Å². The molecule has 1 spiro atoms. The zero-order valence-corrected chi connectivity index (χ0v) is 22.9. The Hall–Kier alpha value is -4.63. The average molecular weight is 548 g/mol. The first-order valence-corrected chi connectivity index (χ1v) is 13.9. The molecule has 0 radical (unpaired) electrons. The molecule has 0 bridgehead atoms. The summed E-state index contributed by atoms with van der Waals surface area (Å²) in [5.74, 6) is -1.59. The van der Waals surface area contributed by atoms with Crippen LogP contribution in [0.25, 0.3) is 16.6 Å². The molecule has 4 aromatic rings. The molecule has 3 amide bonds. The van der Waals surface area contributed by atoms with Gasteiger partial charge in [0.05, 0.1) is 34.1 Å². The lowest BCUT2D eigenvalue weighted by molar-refractivity contribution is -0.123. The molecule has 3 aliphatic heterocycles. The van der Waals surface area contributed by atoms with Crippen molar-refractivity contribution in [2.45, 2.75) is 38.8 Å². The SMILES string of the molecule is CC(=O)Nc1ccc(N2C(=O)[C@H]3[C@@H](CC(C)C)N[C@]4(c5ccccc5-n5c4nc4ccccc4c5=O)[C@H]3C2=O)cc1. The van der Waals surface area contributed by atoms with Gasteiger partial charge in [-0.3, -0.25) is 29.1 Å². The van der Waals surface area contributed by atoms with Crippen molar-refractivity contribution in [2.75, 3.05) is 10.2 Å². The zero-order valence-electron chi connectivity index (χ0n) is 22.9. The topological polar surface area (TPSA) is 113 Å². The van der Waals surface area contributed by atoms with Crippen molar-refractivity contribution in [3.63, 3.8) is 0 Å². The number of carbonyl (C=O) groups is 3. The van der Waals surface area contributed by atoms with E-state index < -0.39 is 17.4 Å². The van der Waals surface area contributed by atoms with E-state index in [4.69, 9.17) is 4.98 Å². The summed E-state index contributed by atoms with van der Waals surface area (Å²) in [4.78, 5) is 60.4. The van der Waals surface area contributed by atoms with Gasteiger partial charge in [0.15, 0.2) is 0 Å². The van der Waals surface area contributed by atoms with Gasteiger partial charge in [-0.2, -0.15) is 0 Å². The van der Waals surface area contributed by atoms with Crippen LogP contribution in [0.3, 0.4) is 0 Å². The first-order chi connectivity index (χ1) is 19.7. The van der Waals surface area contributed by atoms with Crippen LogP contribution in [-0.4, -0.2) is 33.3 Å². The maximum atomic E-state index is 14.5. The highest BCUT2D eigenvalue weighted by Crippen LogP contribution is 2.56. The predicted octanol–water partition coefficient (Wildman–Crippen LogP) is 3.72. The molecule has 2 saturated heterocycles. The number of para-hydroxylation sites is 2. The number of benzene rings is 3. The number of amides is 3. The summed E-state index contributed by atoms with van der Waals surface area (Å²) in [5.41, 5.74) is 1.63. The van der Waals surface area contributed by atoms with E-state index in [1.54, 1.807) is 41.0 Å². The van der Waals surface area contributed by atoms with E-state index in [0.717, 1.165) is 5.56 Å². The van der Waals surface area contributed by atoms with Gasteiger partial charge in [-0.05, 0) is 54.8 Å². The number of nitrogens with one attached hydrogen (secondary N) is 2. The molecule has 0 aliphatic carbocycles. The molecule has 1 aromatic heterocycles. The van der Waals surface area contributed by atoms with Gasteiger partial charge in [0.1, 0.15) is 11.4 Å². The minimum Gasteiger partial charge on any atom is -0.326 e. The summed E-state index contributed by atoms with van der Waals surface area (Å²) in [6.07, 6.45) is 0.664. The van der Waals surface area contributed by atoms with Crippen LogP contribution < -0.4 is 21.1 Å². The van der Waals surface area contributed by atoms with Crippen LogP contribution in [0.15, 0.2) is 77.6 Å². The van der Waals surface area contributed by atoms with Gasteiger partial charge in [-0.1, -0.05) is 44.2 Å². The third kappa shape index (κ3) is 3.48. The van der Waals surface area contributed by atoms with Gasteiger partial charge in [0, 0.05) is 24.2 Å². The molecule has 4 heterocycles. The molecule has 9 heteroatoms. The highest BCUT2D eigenvalue weighted by atomic mass is 16.2. The lowest BCUT2D eigenvalue weighted by Gasteiger charge is -2.32. The molecule has 2 N–H and O–H groups in total. The first-order valence-electron chi connectivity index (χ1n) is 13.9. The average Bonchev–Trinajstić information content (AvgIpc) is 3.52. The zero-order chi connectivity index (χ0) is 28.6. The van der Waals surface area contributed by atoms with Crippen LogP contribution in [0.2, 0.25) is 0 Å². The molecule has 3 aromatic carbocycles. The quantitative estimate of drug-likeness (QED) is 0.377. The number of rotatable bonds is 4. The molecule has 3 aliphatic rings. The Morgan fingerprint density at radius 1 is 0.976 bits per heavy atom. The second-order valence-corrected chi connectivity index (χ2v) is 11.5. The Balaban J connectivity index is 1.45. The number of hydrogen-bond acceptors (Lipinski definition) is 6. The van der Waals surface area contributed by atoms with Crippen molar-refractivity contribution >= 4 is 40.0 Å². The first kappa shape index (κ1) is 25.3. The molecule has 0 unspecified atom stereocenters. The molecule has 7 rings (SSSR count). The fourth-order valence-electron chi connectivity index (χ4n) is 7.08. The van der Waals surface area contributed by atoms with E-state index in [2.05, 4.69) is 24.5 Å². The van der Waals surface area contributed by atoms with Gasteiger partial charge in [-0.25, -0.2) is 9.88 Å². The van der Waals surface area contributed by atoms with Crippen LogP contribution in [0.5, 0.6) is 0 Å². The number of carbonyl (C=O) groups excluding carboxylic acids is 3. The van der Waals surface area contributed by atoms with Gasteiger partial charge < -0.3 is 5.32 Å². The van der Waals surface area contributed by atoms with Crippen molar-refractivity contribution in [2.24, 2.45) is 17.8 Å². The standard InChI is InChI=1S/C32H29N5O4/c1-17(2)16-24-26-27(30(41)36(29(26)40)20-14-12-19(13-15-20)33-18(3)38)32(35-24)22-9-5-7-11-25(22)37-28(39)21-8-4-6-10-23(21)34-31(32)37/h4-15,17,24,26-27,35H,16H2,1-3H3,(H,33,38)/t24-,26+,27-,32-/m1/s1. The maximum absolute atomic E-state index is 14.5. The Morgan fingerprint density at radius 2 is 1.68 bits per heavy atom. The van der Waals surface area contributed by atoms with Crippen LogP contribution in [-0.2, 0) is 19.9 Å². The Labute approximate surface area is 236 Å². The highest BCUT2D eigenvalue weighted by molar-refractivity contribution is 6.23. The van der Waals surface area contributed by atoms with Gasteiger partial charge >= 0.3 is 0 Å². The number of anilines is 2.